The molecular weight excluding hydrogens is 234 g/mol. The minimum Gasteiger partial charge on any atom is -0.496 e. The average molecular weight is 245 g/mol. The standard InChI is InChI=1S/C13H11NO4/c1-3-17-13(15)12-11-9(7-18-12)4-8(6-14)5-10(11)16-2/h4-5,7H,3H2,1-2H3. The van der Waals surface area contributed by atoms with Crippen LogP contribution in [0.5, 0.6) is 5.75 Å². The molecule has 0 N–H and O–H groups in total. The SMILES string of the molecule is CCOC(=O)c1occ2cc(C#N)cc(OC)c12. The molecule has 0 bridgehead atoms. The second kappa shape index (κ2) is 4.80. The van der Waals surface area contributed by atoms with Crippen molar-refractivity contribution in [2.75, 3.05) is 13.7 Å². The first kappa shape index (κ1) is 12.0. The maximum absolute atomic E-state index is 11.7. The lowest BCUT2D eigenvalue weighted by atomic mass is 10.1. The molecule has 92 valence electrons. The number of benzene rings is 1. The van der Waals surface area contributed by atoms with Gasteiger partial charge in [-0.1, -0.05) is 0 Å². The van der Waals surface area contributed by atoms with E-state index in [-0.39, 0.29) is 12.4 Å². The Morgan fingerprint density at radius 2 is 2.28 bits per heavy atom. The first-order valence-electron chi connectivity index (χ1n) is 5.37. The number of rotatable bonds is 3. The zero-order valence-corrected chi connectivity index (χ0v) is 10.0. The lowest BCUT2D eigenvalue weighted by Gasteiger charge is -2.04. The van der Waals surface area contributed by atoms with E-state index >= 15 is 0 Å². The summed E-state index contributed by atoms with van der Waals surface area (Å²) in [6.07, 6.45) is 1.41. The first-order chi connectivity index (χ1) is 8.71. The van der Waals surface area contributed by atoms with Gasteiger partial charge in [0.15, 0.2) is 0 Å². The first-order valence-corrected chi connectivity index (χ1v) is 5.37. The summed E-state index contributed by atoms with van der Waals surface area (Å²) in [5.74, 6) is -0.0375. The van der Waals surface area contributed by atoms with Crippen molar-refractivity contribution in [3.8, 4) is 11.8 Å². The third kappa shape index (κ3) is 1.89. The zero-order chi connectivity index (χ0) is 13.1. The molecule has 5 nitrogen and oxygen atoms in total. The highest BCUT2D eigenvalue weighted by Gasteiger charge is 2.20. The van der Waals surface area contributed by atoms with Crippen LogP contribution in [0.4, 0.5) is 0 Å². The highest BCUT2D eigenvalue weighted by molar-refractivity contribution is 6.05. The minimum atomic E-state index is -0.546. The Hall–Kier alpha value is -2.48. The summed E-state index contributed by atoms with van der Waals surface area (Å²) in [4.78, 5) is 11.7. The molecule has 0 amide bonds. The quantitative estimate of drug-likeness (QED) is 0.777. The number of carbonyl (C=O) groups is 1. The van der Waals surface area contributed by atoms with Crippen LogP contribution in [0.3, 0.4) is 0 Å². The average Bonchev–Trinajstić information content (AvgIpc) is 2.81. The predicted octanol–water partition coefficient (Wildman–Crippen LogP) is 2.49. The summed E-state index contributed by atoms with van der Waals surface area (Å²) in [5, 5.41) is 10.0. The van der Waals surface area contributed by atoms with Gasteiger partial charge in [0.1, 0.15) is 5.75 Å². The molecule has 5 heteroatoms. The Labute approximate surface area is 104 Å². The topological polar surface area (TPSA) is 72.5 Å². The molecule has 2 aromatic rings. The molecule has 0 aliphatic carbocycles. The maximum Gasteiger partial charge on any atom is 0.375 e. The van der Waals surface area contributed by atoms with Crippen molar-refractivity contribution in [3.05, 3.63) is 29.7 Å². The van der Waals surface area contributed by atoms with Gasteiger partial charge < -0.3 is 13.9 Å². The van der Waals surface area contributed by atoms with Crippen LogP contribution in [0.25, 0.3) is 10.8 Å². The van der Waals surface area contributed by atoms with Crippen LogP contribution >= 0.6 is 0 Å². The Kier molecular flexibility index (Phi) is 3.20. The number of furan rings is 1. The number of fused-ring (bicyclic) bond motifs is 1. The van der Waals surface area contributed by atoms with Gasteiger partial charge in [-0.2, -0.15) is 5.26 Å². The molecule has 0 saturated heterocycles. The summed E-state index contributed by atoms with van der Waals surface area (Å²) in [7, 11) is 1.47. The molecule has 0 radical (unpaired) electrons. The molecule has 0 unspecified atom stereocenters. The molecule has 2 rings (SSSR count). The van der Waals surface area contributed by atoms with Gasteiger partial charge >= 0.3 is 5.97 Å². The second-order valence-electron chi connectivity index (χ2n) is 3.54. The number of carbonyl (C=O) groups excluding carboxylic acids is 1. The molecule has 0 spiro atoms. The van der Waals surface area contributed by atoms with Crippen LogP contribution in [0.15, 0.2) is 22.8 Å². The number of esters is 1. The Bertz CT molecular complexity index is 636. The van der Waals surface area contributed by atoms with Gasteiger partial charge in [-0.3, -0.25) is 0 Å². The molecule has 0 aliphatic heterocycles. The van der Waals surface area contributed by atoms with Crippen LogP contribution in [0.1, 0.15) is 23.0 Å². The third-order valence-electron chi connectivity index (χ3n) is 2.47. The smallest absolute Gasteiger partial charge is 0.375 e. The summed E-state index contributed by atoms with van der Waals surface area (Å²) in [6, 6.07) is 5.20. The van der Waals surface area contributed by atoms with Crippen LogP contribution < -0.4 is 4.74 Å². The van der Waals surface area contributed by atoms with Crippen molar-refractivity contribution >= 4 is 16.7 Å². The Balaban J connectivity index is 2.65. The highest BCUT2D eigenvalue weighted by Crippen LogP contribution is 2.32. The zero-order valence-electron chi connectivity index (χ0n) is 10.0. The molecule has 1 aromatic heterocycles. The lowest BCUT2D eigenvalue weighted by Crippen LogP contribution is -2.04. The van der Waals surface area contributed by atoms with Gasteiger partial charge in [0, 0.05) is 5.39 Å². The van der Waals surface area contributed by atoms with E-state index in [1.165, 1.54) is 13.4 Å². The molecule has 1 heterocycles. The van der Waals surface area contributed by atoms with Crippen molar-refractivity contribution in [2.24, 2.45) is 0 Å². The van der Waals surface area contributed by atoms with Crippen molar-refractivity contribution in [2.45, 2.75) is 6.92 Å². The van der Waals surface area contributed by atoms with E-state index in [9.17, 15) is 4.79 Å². The van der Waals surface area contributed by atoms with E-state index in [0.717, 1.165) is 0 Å². The van der Waals surface area contributed by atoms with Gasteiger partial charge in [0.25, 0.3) is 0 Å². The highest BCUT2D eigenvalue weighted by atomic mass is 16.5. The summed E-state index contributed by atoms with van der Waals surface area (Å²) in [5.41, 5.74) is 0.440. The molecule has 0 saturated carbocycles. The van der Waals surface area contributed by atoms with Crippen LogP contribution in [0, 0.1) is 11.3 Å². The summed E-state index contributed by atoms with van der Waals surface area (Å²) in [6.45, 7) is 1.98. The number of hydrogen-bond acceptors (Lipinski definition) is 5. The number of nitriles is 1. The van der Waals surface area contributed by atoms with Gasteiger partial charge in [-0.25, -0.2) is 4.79 Å². The van der Waals surface area contributed by atoms with Crippen molar-refractivity contribution in [1.82, 2.24) is 0 Å². The Morgan fingerprint density at radius 3 is 2.89 bits per heavy atom. The summed E-state index contributed by atoms with van der Waals surface area (Å²) < 4.78 is 15.3. The van der Waals surface area contributed by atoms with Crippen molar-refractivity contribution in [3.63, 3.8) is 0 Å². The number of hydrogen-bond donors (Lipinski definition) is 0. The minimum absolute atomic E-state index is 0.0909. The van der Waals surface area contributed by atoms with E-state index in [0.29, 0.717) is 22.1 Å². The number of methoxy groups -OCH3 is 1. The van der Waals surface area contributed by atoms with Gasteiger partial charge in [-0.05, 0) is 19.1 Å². The fourth-order valence-corrected chi connectivity index (χ4v) is 1.73. The molecular formula is C13H11NO4. The predicted molar refractivity (Wildman–Crippen MR) is 63.4 cm³/mol. The third-order valence-corrected chi connectivity index (χ3v) is 2.47. The van der Waals surface area contributed by atoms with Crippen molar-refractivity contribution in [1.29, 1.82) is 5.26 Å². The van der Waals surface area contributed by atoms with Gasteiger partial charge in [0.2, 0.25) is 5.76 Å². The second-order valence-corrected chi connectivity index (χ2v) is 3.54. The van der Waals surface area contributed by atoms with E-state index < -0.39 is 5.97 Å². The fourth-order valence-electron chi connectivity index (χ4n) is 1.73. The summed E-state index contributed by atoms with van der Waals surface area (Å²) >= 11 is 0. The van der Waals surface area contributed by atoms with Gasteiger partial charge in [-0.15, -0.1) is 0 Å². The maximum atomic E-state index is 11.7. The van der Waals surface area contributed by atoms with Gasteiger partial charge in [0.05, 0.1) is 37.0 Å². The monoisotopic (exact) mass is 245 g/mol. The van der Waals surface area contributed by atoms with E-state index in [2.05, 4.69) is 0 Å². The fraction of sp³-hybridized carbons (Fsp3) is 0.231. The van der Waals surface area contributed by atoms with Crippen molar-refractivity contribution < 1.29 is 18.7 Å². The number of ether oxygens (including phenoxy) is 2. The molecule has 0 atom stereocenters. The van der Waals surface area contributed by atoms with E-state index in [4.69, 9.17) is 19.2 Å². The van der Waals surface area contributed by atoms with E-state index in [1.807, 2.05) is 6.07 Å². The van der Waals surface area contributed by atoms with Crippen LogP contribution in [-0.4, -0.2) is 19.7 Å². The molecule has 1 aromatic carbocycles. The lowest BCUT2D eigenvalue weighted by molar-refractivity contribution is 0.0493. The normalized spacial score (nSPS) is 10.1. The molecule has 0 fully saturated rings. The molecule has 0 aliphatic rings. The van der Waals surface area contributed by atoms with E-state index in [1.54, 1.807) is 19.1 Å². The largest absolute Gasteiger partial charge is 0.496 e. The molecule has 18 heavy (non-hydrogen) atoms. The van der Waals surface area contributed by atoms with Crippen LogP contribution in [-0.2, 0) is 4.74 Å². The Morgan fingerprint density at radius 1 is 1.50 bits per heavy atom. The van der Waals surface area contributed by atoms with Crippen LogP contribution in [0.2, 0.25) is 0 Å². The number of nitrogens with zero attached hydrogens (tertiary/aromatic N) is 1.